The van der Waals surface area contributed by atoms with Gasteiger partial charge in [-0.05, 0) is 74.0 Å². The van der Waals surface area contributed by atoms with Crippen LogP contribution in [-0.2, 0) is 9.59 Å². The molecule has 37 heavy (non-hydrogen) atoms. The fourth-order valence-electron chi connectivity index (χ4n) is 3.23. The molecule has 3 rings (SSSR count). The molecule has 0 atom stereocenters. The number of rotatable bonds is 10. The zero-order valence-electron chi connectivity index (χ0n) is 20.6. The van der Waals surface area contributed by atoms with Gasteiger partial charge in [-0.2, -0.15) is 5.26 Å². The zero-order valence-corrected chi connectivity index (χ0v) is 21.4. The van der Waals surface area contributed by atoms with Crippen LogP contribution >= 0.6 is 11.6 Å². The normalized spacial score (nSPS) is 10.7. The molecule has 0 saturated carbocycles. The van der Waals surface area contributed by atoms with Crippen LogP contribution in [0.3, 0.4) is 0 Å². The van der Waals surface area contributed by atoms with E-state index in [-0.39, 0.29) is 34.6 Å². The summed E-state index contributed by atoms with van der Waals surface area (Å²) in [5, 5.41) is 15.1. The molecule has 0 aromatic heterocycles. The van der Waals surface area contributed by atoms with Crippen molar-refractivity contribution in [2.24, 2.45) is 0 Å². The van der Waals surface area contributed by atoms with E-state index in [1.54, 1.807) is 56.5 Å². The summed E-state index contributed by atoms with van der Waals surface area (Å²) in [6, 6.07) is 19.1. The molecule has 0 fully saturated rings. The van der Waals surface area contributed by atoms with Crippen molar-refractivity contribution in [3.05, 3.63) is 82.4 Å². The van der Waals surface area contributed by atoms with Crippen LogP contribution in [0.5, 0.6) is 17.2 Å². The maximum absolute atomic E-state index is 12.6. The summed E-state index contributed by atoms with van der Waals surface area (Å²) in [4.78, 5) is 25.0. The third-order valence-corrected chi connectivity index (χ3v) is 5.32. The molecule has 0 saturated heterocycles. The topological polar surface area (TPSA) is 110 Å². The van der Waals surface area contributed by atoms with Gasteiger partial charge >= 0.3 is 0 Å². The van der Waals surface area contributed by atoms with Gasteiger partial charge < -0.3 is 24.8 Å². The maximum atomic E-state index is 12.6. The minimum absolute atomic E-state index is 0.138. The van der Waals surface area contributed by atoms with Gasteiger partial charge in [0.25, 0.3) is 11.8 Å². The molecule has 0 heterocycles. The number of nitrogens with zero attached hydrogens (tertiary/aromatic N) is 1. The monoisotopic (exact) mass is 519 g/mol. The Kier molecular flexibility index (Phi) is 9.53. The number of carbonyl (C=O) groups is 2. The molecular weight excluding hydrogens is 494 g/mol. The Bertz CT molecular complexity index is 1330. The van der Waals surface area contributed by atoms with E-state index in [0.717, 1.165) is 5.56 Å². The van der Waals surface area contributed by atoms with Crippen LogP contribution < -0.4 is 24.8 Å². The van der Waals surface area contributed by atoms with Gasteiger partial charge in [-0.25, -0.2) is 0 Å². The van der Waals surface area contributed by atoms with Crippen molar-refractivity contribution in [3.63, 3.8) is 0 Å². The molecule has 0 radical (unpaired) electrons. The van der Waals surface area contributed by atoms with Crippen molar-refractivity contribution < 1.29 is 23.8 Å². The van der Waals surface area contributed by atoms with Crippen molar-refractivity contribution >= 4 is 40.9 Å². The second kappa shape index (κ2) is 13.0. The average molecular weight is 520 g/mol. The Morgan fingerprint density at radius 3 is 2.27 bits per heavy atom. The van der Waals surface area contributed by atoms with Crippen molar-refractivity contribution in [2.75, 3.05) is 31.0 Å². The van der Waals surface area contributed by atoms with Crippen molar-refractivity contribution in [1.29, 1.82) is 5.26 Å². The molecule has 0 aliphatic rings. The Morgan fingerprint density at radius 1 is 1.00 bits per heavy atom. The Labute approximate surface area is 220 Å². The van der Waals surface area contributed by atoms with Gasteiger partial charge in [-0.15, -0.1) is 0 Å². The molecule has 0 bridgehead atoms. The van der Waals surface area contributed by atoms with Crippen molar-refractivity contribution in [3.8, 4) is 23.3 Å². The van der Waals surface area contributed by atoms with E-state index in [9.17, 15) is 14.9 Å². The van der Waals surface area contributed by atoms with E-state index in [2.05, 4.69) is 10.6 Å². The number of aryl methyl sites for hydroxylation is 1. The highest BCUT2D eigenvalue weighted by atomic mass is 35.5. The number of methoxy groups -OCH3 is 1. The molecular formula is C28H26ClN3O5. The Balaban J connectivity index is 1.75. The summed E-state index contributed by atoms with van der Waals surface area (Å²) >= 11 is 6.43. The summed E-state index contributed by atoms with van der Waals surface area (Å²) in [5.41, 5.74) is 2.54. The standard InChI is InChI=1S/C28H26ClN3O5/c1-4-36-25-15-19(13-20(16-30)28(34)32-22-9-11-23(35-3)12-10-22)14-24(29)27(25)37-17-26(33)31-21-7-5-18(2)6-8-21/h5-15H,4,17H2,1-3H3,(H,31,33)(H,32,34)/b20-13+. The summed E-state index contributed by atoms with van der Waals surface area (Å²) in [7, 11) is 1.54. The highest BCUT2D eigenvalue weighted by molar-refractivity contribution is 6.32. The number of halogens is 1. The van der Waals surface area contributed by atoms with Gasteiger partial charge in [-0.1, -0.05) is 29.3 Å². The van der Waals surface area contributed by atoms with Crippen molar-refractivity contribution in [1.82, 2.24) is 0 Å². The number of ether oxygens (including phenoxy) is 3. The highest BCUT2D eigenvalue weighted by Gasteiger charge is 2.16. The van der Waals surface area contributed by atoms with Gasteiger partial charge in [0, 0.05) is 11.4 Å². The Hall–Kier alpha value is -4.48. The number of hydrogen-bond donors (Lipinski definition) is 2. The third-order valence-electron chi connectivity index (χ3n) is 5.04. The second-order valence-corrected chi connectivity index (χ2v) is 8.23. The van der Waals surface area contributed by atoms with Gasteiger partial charge in [0.05, 0.1) is 18.7 Å². The number of nitrogens with one attached hydrogen (secondary N) is 2. The smallest absolute Gasteiger partial charge is 0.266 e. The van der Waals surface area contributed by atoms with E-state index in [1.165, 1.54) is 12.1 Å². The van der Waals surface area contributed by atoms with Crippen LogP contribution in [0.1, 0.15) is 18.1 Å². The molecule has 3 aromatic rings. The quantitative estimate of drug-likeness (QED) is 0.266. The maximum Gasteiger partial charge on any atom is 0.266 e. The Morgan fingerprint density at radius 2 is 1.65 bits per heavy atom. The fraction of sp³-hybridized carbons (Fsp3) is 0.179. The molecule has 0 spiro atoms. The first kappa shape index (κ1) is 27.1. The van der Waals surface area contributed by atoms with E-state index in [0.29, 0.717) is 29.3 Å². The van der Waals surface area contributed by atoms with Gasteiger partial charge in [0.2, 0.25) is 0 Å². The average Bonchev–Trinajstić information content (AvgIpc) is 2.88. The number of hydrogen-bond acceptors (Lipinski definition) is 6. The minimum Gasteiger partial charge on any atom is -0.497 e. The first-order valence-corrected chi connectivity index (χ1v) is 11.7. The number of nitriles is 1. The molecule has 0 aliphatic heterocycles. The van der Waals surface area contributed by atoms with Crippen molar-refractivity contribution in [2.45, 2.75) is 13.8 Å². The van der Waals surface area contributed by atoms with E-state index >= 15 is 0 Å². The minimum atomic E-state index is -0.588. The molecule has 2 amide bonds. The van der Waals surface area contributed by atoms with Crippen LogP contribution in [-0.4, -0.2) is 32.1 Å². The summed E-state index contributed by atoms with van der Waals surface area (Å²) in [6.45, 7) is 3.75. The highest BCUT2D eigenvalue weighted by Crippen LogP contribution is 2.37. The van der Waals surface area contributed by atoms with E-state index < -0.39 is 5.91 Å². The van der Waals surface area contributed by atoms with Gasteiger partial charge in [0.15, 0.2) is 18.1 Å². The van der Waals surface area contributed by atoms with Gasteiger partial charge in [0.1, 0.15) is 17.4 Å². The fourth-order valence-corrected chi connectivity index (χ4v) is 3.51. The summed E-state index contributed by atoms with van der Waals surface area (Å²) < 4.78 is 16.4. The van der Waals surface area contributed by atoms with E-state index in [4.69, 9.17) is 25.8 Å². The third kappa shape index (κ3) is 7.75. The molecule has 0 aliphatic carbocycles. The lowest BCUT2D eigenvalue weighted by atomic mass is 10.1. The molecule has 3 aromatic carbocycles. The van der Waals surface area contributed by atoms with Crippen LogP contribution in [0.4, 0.5) is 11.4 Å². The SMILES string of the molecule is CCOc1cc(/C=C(\C#N)C(=O)Nc2ccc(OC)cc2)cc(Cl)c1OCC(=O)Nc1ccc(C)cc1. The lowest BCUT2D eigenvalue weighted by Crippen LogP contribution is -2.20. The van der Waals surface area contributed by atoms with Crippen LogP contribution in [0.25, 0.3) is 6.08 Å². The van der Waals surface area contributed by atoms with Crippen LogP contribution in [0.2, 0.25) is 5.02 Å². The number of carbonyl (C=O) groups excluding carboxylic acids is 2. The van der Waals surface area contributed by atoms with Crippen LogP contribution in [0, 0.1) is 18.3 Å². The molecule has 9 heteroatoms. The lowest BCUT2D eigenvalue weighted by Gasteiger charge is -2.15. The zero-order chi connectivity index (χ0) is 26.8. The predicted molar refractivity (Wildman–Crippen MR) is 143 cm³/mol. The van der Waals surface area contributed by atoms with Gasteiger partial charge in [-0.3, -0.25) is 9.59 Å². The molecule has 190 valence electrons. The number of benzene rings is 3. The number of anilines is 2. The lowest BCUT2D eigenvalue weighted by molar-refractivity contribution is -0.118. The first-order chi connectivity index (χ1) is 17.8. The molecule has 8 nitrogen and oxygen atoms in total. The summed E-state index contributed by atoms with van der Waals surface area (Å²) in [6.07, 6.45) is 1.39. The largest absolute Gasteiger partial charge is 0.497 e. The number of amides is 2. The first-order valence-electron chi connectivity index (χ1n) is 11.4. The summed E-state index contributed by atoms with van der Waals surface area (Å²) in [5.74, 6) is 0.142. The molecule has 2 N–H and O–H groups in total. The van der Waals surface area contributed by atoms with Crippen LogP contribution in [0.15, 0.2) is 66.2 Å². The molecule has 0 unspecified atom stereocenters. The second-order valence-electron chi connectivity index (χ2n) is 7.82. The van der Waals surface area contributed by atoms with E-state index in [1.807, 2.05) is 25.1 Å². The predicted octanol–water partition coefficient (Wildman–Crippen LogP) is 5.62.